The van der Waals surface area contributed by atoms with Gasteiger partial charge in [-0.3, -0.25) is 19.3 Å². The Kier molecular flexibility index (Phi) is 6.45. The van der Waals surface area contributed by atoms with Gasteiger partial charge in [-0.1, -0.05) is 12.1 Å². The Morgan fingerprint density at radius 1 is 1.19 bits per heavy atom. The van der Waals surface area contributed by atoms with Crippen LogP contribution in [0.2, 0.25) is 0 Å². The number of piperidine rings is 1. The first-order valence-electron chi connectivity index (χ1n) is 9.65. The molecule has 1 atom stereocenters. The number of likely N-dealkylation sites (tertiary alicyclic amines) is 1. The third-order valence-electron chi connectivity index (χ3n) is 4.85. The largest absolute Gasteiger partial charge is 0.466 e. The number of hydrogen-bond donors (Lipinski definition) is 2. The molecule has 146 valence electrons. The van der Waals surface area contributed by atoms with E-state index in [-0.39, 0.29) is 36.3 Å². The second-order valence-electron chi connectivity index (χ2n) is 7.17. The van der Waals surface area contributed by atoms with E-state index in [2.05, 4.69) is 10.6 Å². The zero-order chi connectivity index (χ0) is 19.2. The molecule has 2 amide bonds. The minimum absolute atomic E-state index is 0.159. The second kappa shape index (κ2) is 8.99. The number of benzene rings is 1. The van der Waals surface area contributed by atoms with Gasteiger partial charge in [0, 0.05) is 12.6 Å². The van der Waals surface area contributed by atoms with Gasteiger partial charge in [0.25, 0.3) is 5.91 Å². The predicted molar refractivity (Wildman–Crippen MR) is 101 cm³/mol. The van der Waals surface area contributed by atoms with Gasteiger partial charge in [-0.25, -0.2) is 0 Å². The number of ether oxygens (including phenoxy) is 1. The highest BCUT2D eigenvalue weighted by atomic mass is 16.5. The Morgan fingerprint density at radius 3 is 2.70 bits per heavy atom. The van der Waals surface area contributed by atoms with Crippen LogP contribution in [0.3, 0.4) is 0 Å². The van der Waals surface area contributed by atoms with Crippen molar-refractivity contribution in [1.82, 2.24) is 10.2 Å². The first-order valence-corrected chi connectivity index (χ1v) is 9.65. The maximum absolute atomic E-state index is 12.5. The molecule has 1 aliphatic heterocycles. The molecule has 0 unspecified atom stereocenters. The summed E-state index contributed by atoms with van der Waals surface area (Å²) in [6, 6.07) is 7.28. The Balaban J connectivity index is 1.56. The van der Waals surface area contributed by atoms with E-state index in [1.54, 1.807) is 31.2 Å². The van der Waals surface area contributed by atoms with Crippen molar-refractivity contribution in [2.75, 3.05) is 31.6 Å². The molecular formula is C20H27N3O4. The van der Waals surface area contributed by atoms with Crippen molar-refractivity contribution in [2.24, 2.45) is 5.92 Å². The van der Waals surface area contributed by atoms with Crippen molar-refractivity contribution >= 4 is 23.5 Å². The molecule has 2 aliphatic rings. The van der Waals surface area contributed by atoms with Gasteiger partial charge < -0.3 is 15.4 Å². The lowest BCUT2D eigenvalue weighted by Gasteiger charge is -2.30. The fraction of sp³-hybridized carbons (Fsp3) is 0.550. The standard InChI is InChI=1S/C20H27N3O4/c1-2-27-20(26)14-6-5-11-23(12-14)13-18(24)22-17-8-4-3-7-16(17)19(25)21-15-9-10-15/h3-4,7-8,14-15H,2,5-6,9-13H2,1H3,(H,21,25)(H,22,24)/t14-/m0/s1. The first kappa shape index (κ1) is 19.4. The summed E-state index contributed by atoms with van der Waals surface area (Å²) in [7, 11) is 0. The van der Waals surface area contributed by atoms with Gasteiger partial charge in [0.2, 0.25) is 5.91 Å². The Morgan fingerprint density at radius 2 is 1.96 bits per heavy atom. The minimum Gasteiger partial charge on any atom is -0.466 e. The van der Waals surface area contributed by atoms with Crippen LogP contribution in [0.1, 0.15) is 43.0 Å². The molecule has 1 saturated heterocycles. The Bertz CT molecular complexity index is 702. The Hall–Kier alpha value is -2.41. The van der Waals surface area contributed by atoms with Gasteiger partial charge >= 0.3 is 5.97 Å². The van der Waals surface area contributed by atoms with Gasteiger partial charge in [0.15, 0.2) is 0 Å². The lowest BCUT2D eigenvalue weighted by molar-refractivity contribution is -0.150. The number of rotatable bonds is 7. The van der Waals surface area contributed by atoms with Crippen LogP contribution in [-0.4, -0.2) is 55.0 Å². The van der Waals surface area contributed by atoms with Crippen LogP contribution >= 0.6 is 0 Å². The molecule has 0 aromatic heterocycles. The third-order valence-corrected chi connectivity index (χ3v) is 4.85. The molecule has 1 heterocycles. The van der Waals surface area contributed by atoms with Crippen LogP contribution in [-0.2, 0) is 14.3 Å². The number of nitrogens with zero attached hydrogens (tertiary/aromatic N) is 1. The summed E-state index contributed by atoms with van der Waals surface area (Å²) in [6.45, 7) is 3.65. The highest BCUT2D eigenvalue weighted by Crippen LogP contribution is 2.22. The highest BCUT2D eigenvalue weighted by Gasteiger charge is 2.28. The monoisotopic (exact) mass is 373 g/mol. The van der Waals surface area contributed by atoms with E-state index in [1.807, 2.05) is 4.90 Å². The molecule has 7 nitrogen and oxygen atoms in total. The quantitative estimate of drug-likeness (QED) is 0.712. The van der Waals surface area contributed by atoms with Crippen LogP contribution in [0.25, 0.3) is 0 Å². The number of carbonyl (C=O) groups is 3. The lowest BCUT2D eigenvalue weighted by atomic mass is 9.98. The third kappa shape index (κ3) is 5.53. The zero-order valence-corrected chi connectivity index (χ0v) is 15.7. The van der Waals surface area contributed by atoms with Gasteiger partial charge in [-0.2, -0.15) is 0 Å². The van der Waals surface area contributed by atoms with Crippen LogP contribution in [0.5, 0.6) is 0 Å². The predicted octanol–water partition coefficient (Wildman–Crippen LogP) is 1.79. The van der Waals surface area contributed by atoms with E-state index in [0.29, 0.717) is 24.4 Å². The summed E-state index contributed by atoms with van der Waals surface area (Å²) in [5.41, 5.74) is 0.986. The van der Waals surface area contributed by atoms with Crippen LogP contribution in [0.4, 0.5) is 5.69 Å². The van der Waals surface area contributed by atoms with Gasteiger partial charge in [-0.15, -0.1) is 0 Å². The smallest absolute Gasteiger partial charge is 0.310 e. The normalized spacial score (nSPS) is 20.0. The van der Waals surface area contributed by atoms with Gasteiger partial charge in [0.05, 0.1) is 30.3 Å². The maximum atomic E-state index is 12.5. The average Bonchev–Trinajstić information content (AvgIpc) is 3.46. The van der Waals surface area contributed by atoms with Crippen molar-refractivity contribution in [3.05, 3.63) is 29.8 Å². The summed E-state index contributed by atoms with van der Waals surface area (Å²) in [5, 5.41) is 5.79. The van der Waals surface area contributed by atoms with Crippen molar-refractivity contribution < 1.29 is 19.1 Å². The number of anilines is 1. The van der Waals surface area contributed by atoms with Crippen molar-refractivity contribution in [3.8, 4) is 0 Å². The number of esters is 1. The molecule has 2 N–H and O–H groups in total. The van der Waals surface area contributed by atoms with E-state index in [9.17, 15) is 14.4 Å². The average molecular weight is 373 g/mol. The van der Waals surface area contributed by atoms with Gasteiger partial charge in [-0.05, 0) is 51.3 Å². The number of para-hydroxylation sites is 1. The number of amides is 2. The van der Waals surface area contributed by atoms with E-state index in [1.165, 1.54) is 0 Å². The molecule has 27 heavy (non-hydrogen) atoms. The van der Waals surface area contributed by atoms with Crippen LogP contribution in [0.15, 0.2) is 24.3 Å². The van der Waals surface area contributed by atoms with Crippen molar-refractivity contribution in [2.45, 2.75) is 38.6 Å². The fourth-order valence-electron chi connectivity index (χ4n) is 3.33. The molecular weight excluding hydrogens is 346 g/mol. The minimum atomic E-state index is -0.190. The molecule has 0 radical (unpaired) electrons. The first-order chi connectivity index (χ1) is 13.1. The molecule has 0 spiro atoms. The van der Waals surface area contributed by atoms with E-state index >= 15 is 0 Å². The molecule has 2 fully saturated rings. The van der Waals surface area contributed by atoms with E-state index in [0.717, 1.165) is 32.2 Å². The Labute approximate surface area is 159 Å². The summed E-state index contributed by atoms with van der Waals surface area (Å²) in [5.74, 6) is -0.715. The fourth-order valence-corrected chi connectivity index (χ4v) is 3.33. The zero-order valence-electron chi connectivity index (χ0n) is 15.7. The van der Waals surface area contributed by atoms with Crippen LogP contribution < -0.4 is 10.6 Å². The summed E-state index contributed by atoms with van der Waals surface area (Å²) >= 11 is 0. The molecule has 7 heteroatoms. The topological polar surface area (TPSA) is 87.7 Å². The molecule has 1 aromatic carbocycles. The van der Waals surface area contributed by atoms with Gasteiger partial charge in [0.1, 0.15) is 0 Å². The SMILES string of the molecule is CCOC(=O)[C@H]1CCCN(CC(=O)Nc2ccccc2C(=O)NC2CC2)C1. The van der Waals surface area contributed by atoms with E-state index < -0.39 is 0 Å². The lowest BCUT2D eigenvalue weighted by Crippen LogP contribution is -2.43. The van der Waals surface area contributed by atoms with E-state index in [4.69, 9.17) is 4.74 Å². The number of carbonyl (C=O) groups excluding carboxylic acids is 3. The van der Waals surface area contributed by atoms with Crippen LogP contribution in [0, 0.1) is 5.92 Å². The maximum Gasteiger partial charge on any atom is 0.310 e. The molecule has 1 aromatic rings. The van der Waals surface area contributed by atoms with Crippen molar-refractivity contribution in [3.63, 3.8) is 0 Å². The number of nitrogens with one attached hydrogen (secondary N) is 2. The van der Waals surface area contributed by atoms with Crippen molar-refractivity contribution in [1.29, 1.82) is 0 Å². The summed E-state index contributed by atoms with van der Waals surface area (Å²) < 4.78 is 5.10. The molecule has 3 rings (SSSR count). The molecule has 1 aliphatic carbocycles. The number of hydrogen-bond acceptors (Lipinski definition) is 5. The molecule has 0 bridgehead atoms. The summed E-state index contributed by atoms with van der Waals surface area (Å²) in [4.78, 5) is 38.7. The second-order valence-corrected chi connectivity index (χ2v) is 7.17. The summed E-state index contributed by atoms with van der Waals surface area (Å²) in [6.07, 6.45) is 3.67. The molecule has 1 saturated carbocycles. The highest BCUT2D eigenvalue weighted by molar-refractivity contribution is 6.04.